The number of hydrogen-bond donors (Lipinski definition) is 1. The van der Waals surface area contributed by atoms with Crippen molar-refractivity contribution in [3.05, 3.63) is 46.3 Å². The average Bonchev–Trinajstić information content (AvgIpc) is 2.33. The van der Waals surface area contributed by atoms with Crippen LogP contribution in [0.3, 0.4) is 0 Å². The second-order valence-electron chi connectivity index (χ2n) is 3.20. The molecule has 0 bridgehead atoms. The lowest BCUT2D eigenvalue weighted by atomic mass is 10.3. The molecule has 0 aromatic carbocycles. The molecule has 5 nitrogen and oxygen atoms in total. The summed E-state index contributed by atoms with van der Waals surface area (Å²) in [5.41, 5.74) is -0.217. The van der Waals surface area contributed by atoms with Crippen LogP contribution in [0.5, 0.6) is 11.6 Å². The SMILES string of the molecule is O=C(O)c1ncccc1Oc1ncc(Cl)cc1Cl. The van der Waals surface area contributed by atoms with E-state index >= 15 is 0 Å². The van der Waals surface area contributed by atoms with Gasteiger partial charge in [-0.15, -0.1) is 0 Å². The Balaban J connectivity index is 2.37. The number of carboxylic acids is 1. The lowest BCUT2D eigenvalue weighted by molar-refractivity contribution is 0.0687. The van der Waals surface area contributed by atoms with Crippen LogP contribution in [0.2, 0.25) is 10.0 Å². The van der Waals surface area contributed by atoms with Gasteiger partial charge < -0.3 is 9.84 Å². The first-order valence-electron chi connectivity index (χ1n) is 4.75. The highest BCUT2D eigenvalue weighted by molar-refractivity contribution is 6.35. The molecule has 0 aliphatic carbocycles. The molecule has 0 unspecified atom stereocenters. The number of halogens is 2. The lowest BCUT2D eigenvalue weighted by Gasteiger charge is -2.08. The summed E-state index contributed by atoms with van der Waals surface area (Å²) in [5.74, 6) is -1.08. The Morgan fingerprint density at radius 1 is 1.33 bits per heavy atom. The van der Waals surface area contributed by atoms with E-state index in [4.69, 9.17) is 33.0 Å². The predicted molar refractivity (Wildman–Crippen MR) is 65.5 cm³/mol. The van der Waals surface area contributed by atoms with Crippen LogP contribution in [0.25, 0.3) is 0 Å². The van der Waals surface area contributed by atoms with Crippen molar-refractivity contribution in [2.45, 2.75) is 0 Å². The number of pyridine rings is 2. The Morgan fingerprint density at radius 3 is 2.78 bits per heavy atom. The van der Waals surface area contributed by atoms with E-state index in [1.54, 1.807) is 6.07 Å². The maximum absolute atomic E-state index is 10.9. The number of rotatable bonds is 3. The Hall–Kier alpha value is -1.85. The molecule has 0 radical (unpaired) electrons. The van der Waals surface area contributed by atoms with Gasteiger partial charge in [0.25, 0.3) is 0 Å². The maximum atomic E-state index is 10.9. The number of aromatic nitrogens is 2. The molecule has 7 heteroatoms. The summed E-state index contributed by atoms with van der Waals surface area (Å²) in [6, 6.07) is 4.46. The van der Waals surface area contributed by atoms with Crippen LogP contribution in [0.15, 0.2) is 30.6 Å². The monoisotopic (exact) mass is 284 g/mol. The van der Waals surface area contributed by atoms with E-state index in [0.717, 1.165) is 0 Å². The first-order chi connectivity index (χ1) is 8.58. The number of carbonyl (C=O) groups is 1. The highest BCUT2D eigenvalue weighted by atomic mass is 35.5. The molecule has 0 fully saturated rings. The van der Waals surface area contributed by atoms with E-state index < -0.39 is 5.97 Å². The highest BCUT2D eigenvalue weighted by Gasteiger charge is 2.15. The van der Waals surface area contributed by atoms with Crippen molar-refractivity contribution >= 4 is 29.2 Å². The van der Waals surface area contributed by atoms with Crippen LogP contribution in [-0.2, 0) is 0 Å². The fourth-order valence-electron chi connectivity index (χ4n) is 1.21. The van der Waals surface area contributed by atoms with Gasteiger partial charge in [-0.1, -0.05) is 23.2 Å². The van der Waals surface area contributed by atoms with Crippen molar-refractivity contribution in [3.63, 3.8) is 0 Å². The van der Waals surface area contributed by atoms with E-state index in [0.29, 0.717) is 5.02 Å². The van der Waals surface area contributed by atoms with Gasteiger partial charge in [0.05, 0.1) is 5.02 Å². The van der Waals surface area contributed by atoms with Crippen LogP contribution >= 0.6 is 23.2 Å². The average molecular weight is 285 g/mol. The minimum absolute atomic E-state index is 0.0572. The minimum atomic E-state index is -1.20. The molecule has 0 amide bonds. The number of hydrogen-bond acceptors (Lipinski definition) is 4. The molecule has 0 spiro atoms. The Bertz CT molecular complexity index is 605. The Kier molecular flexibility index (Phi) is 3.64. The van der Waals surface area contributed by atoms with Gasteiger partial charge in [-0.25, -0.2) is 14.8 Å². The number of carboxylic acid groups (broad SMARTS) is 1. The molecule has 2 heterocycles. The zero-order valence-electron chi connectivity index (χ0n) is 8.80. The fourth-order valence-corrected chi connectivity index (χ4v) is 1.63. The molecule has 0 atom stereocenters. The van der Waals surface area contributed by atoms with Crippen molar-refractivity contribution in [1.29, 1.82) is 0 Å². The zero-order valence-corrected chi connectivity index (χ0v) is 10.3. The molecule has 2 aromatic rings. The topological polar surface area (TPSA) is 72.3 Å². The van der Waals surface area contributed by atoms with Crippen molar-refractivity contribution in [2.75, 3.05) is 0 Å². The first kappa shape index (κ1) is 12.6. The Morgan fingerprint density at radius 2 is 2.11 bits per heavy atom. The molecule has 0 saturated heterocycles. The molecule has 2 aromatic heterocycles. The van der Waals surface area contributed by atoms with Crippen molar-refractivity contribution in [1.82, 2.24) is 9.97 Å². The van der Waals surface area contributed by atoms with Gasteiger partial charge in [0.2, 0.25) is 5.88 Å². The standard InChI is InChI=1S/C11H6Cl2N2O3/c12-6-4-7(13)10(15-5-6)18-8-2-1-3-14-9(8)11(16)17/h1-5H,(H,16,17). The van der Waals surface area contributed by atoms with Gasteiger partial charge in [0.1, 0.15) is 5.02 Å². The zero-order chi connectivity index (χ0) is 13.1. The van der Waals surface area contributed by atoms with Crippen molar-refractivity contribution in [2.24, 2.45) is 0 Å². The third-order valence-electron chi connectivity index (χ3n) is 1.95. The summed E-state index contributed by atoms with van der Waals surface area (Å²) >= 11 is 11.6. The third kappa shape index (κ3) is 2.69. The largest absolute Gasteiger partial charge is 0.476 e. The van der Waals surface area contributed by atoms with Gasteiger partial charge in [0.15, 0.2) is 11.4 Å². The molecule has 2 rings (SSSR count). The normalized spacial score (nSPS) is 10.1. The van der Waals surface area contributed by atoms with Gasteiger partial charge in [-0.2, -0.15) is 0 Å². The quantitative estimate of drug-likeness (QED) is 0.936. The van der Waals surface area contributed by atoms with Gasteiger partial charge >= 0.3 is 5.97 Å². The van der Waals surface area contributed by atoms with Crippen LogP contribution in [0.1, 0.15) is 10.5 Å². The van der Waals surface area contributed by atoms with Gasteiger partial charge in [0, 0.05) is 12.4 Å². The molecule has 1 N–H and O–H groups in total. The summed E-state index contributed by atoms with van der Waals surface area (Å²) in [5, 5.41) is 9.48. The van der Waals surface area contributed by atoms with Gasteiger partial charge in [-0.3, -0.25) is 0 Å². The molecular formula is C11H6Cl2N2O3. The van der Waals surface area contributed by atoms with Gasteiger partial charge in [-0.05, 0) is 18.2 Å². The smallest absolute Gasteiger partial charge is 0.358 e. The lowest BCUT2D eigenvalue weighted by Crippen LogP contribution is -2.03. The molecule has 0 saturated carbocycles. The molecule has 92 valence electrons. The van der Waals surface area contributed by atoms with Crippen LogP contribution < -0.4 is 4.74 Å². The molecule has 18 heavy (non-hydrogen) atoms. The first-order valence-corrected chi connectivity index (χ1v) is 5.50. The van der Waals surface area contributed by atoms with E-state index in [2.05, 4.69) is 9.97 Å². The minimum Gasteiger partial charge on any atom is -0.476 e. The van der Waals surface area contributed by atoms with Crippen LogP contribution in [0.4, 0.5) is 0 Å². The van der Waals surface area contributed by atoms with Crippen LogP contribution in [-0.4, -0.2) is 21.0 Å². The summed E-state index contributed by atoms with van der Waals surface area (Å²) in [6.07, 6.45) is 2.70. The van der Waals surface area contributed by atoms with Crippen molar-refractivity contribution < 1.29 is 14.6 Å². The van der Waals surface area contributed by atoms with E-state index in [1.807, 2.05) is 0 Å². The summed E-state index contributed by atoms with van der Waals surface area (Å²) in [6.45, 7) is 0. The van der Waals surface area contributed by atoms with E-state index in [1.165, 1.54) is 24.5 Å². The molecule has 0 aliphatic heterocycles. The third-order valence-corrected chi connectivity index (χ3v) is 2.43. The summed E-state index contributed by atoms with van der Waals surface area (Å²) in [7, 11) is 0. The second kappa shape index (κ2) is 5.20. The molecular weight excluding hydrogens is 279 g/mol. The second-order valence-corrected chi connectivity index (χ2v) is 4.04. The molecule has 0 aliphatic rings. The number of aromatic carboxylic acids is 1. The summed E-state index contributed by atoms with van der Waals surface area (Å²) < 4.78 is 5.31. The fraction of sp³-hybridized carbons (Fsp3) is 0. The van der Waals surface area contributed by atoms with E-state index in [-0.39, 0.29) is 22.3 Å². The Labute approximate surface area is 112 Å². The highest BCUT2D eigenvalue weighted by Crippen LogP contribution is 2.30. The van der Waals surface area contributed by atoms with Crippen molar-refractivity contribution in [3.8, 4) is 11.6 Å². The maximum Gasteiger partial charge on any atom is 0.358 e. The summed E-state index contributed by atoms with van der Waals surface area (Å²) in [4.78, 5) is 18.5. The van der Waals surface area contributed by atoms with Crippen LogP contribution in [0, 0.1) is 0 Å². The predicted octanol–water partition coefficient (Wildman–Crippen LogP) is 3.27. The van der Waals surface area contributed by atoms with E-state index in [9.17, 15) is 4.79 Å². The number of ether oxygens (including phenoxy) is 1. The number of nitrogens with zero attached hydrogens (tertiary/aromatic N) is 2.